The van der Waals surface area contributed by atoms with Crippen molar-refractivity contribution in [3.8, 4) is 0 Å². The highest BCUT2D eigenvalue weighted by atomic mass is 16.5. The van der Waals surface area contributed by atoms with E-state index in [1.54, 1.807) is 7.11 Å². The molecule has 0 aliphatic heterocycles. The summed E-state index contributed by atoms with van der Waals surface area (Å²) in [5.74, 6) is 0.151. The molecular formula is C12H22O4. The van der Waals surface area contributed by atoms with E-state index >= 15 is 0 Å². The van der Waals surface area contributed by atoms with Crippen molar-refractivity contribution in [2.24, 2.45) is 0 Å². The number of carbonyl (C=O) groups excluding carboxylic acids is 1. The first-order valence-corrected chi connectivity index (χ1v) is 5.81. The second-order valence-electron chi connectivity index (χ2n) is 4.67. The van der Waals surface area contributed by atoms with Gasteiger partial charge < -0.3 is 14.2 Å². The summed E-state index contributed by atoms with van der Waals surface area (Å²) in [6, 6.07) is 0. The van der Waals surface area contributed by atoms with Crippen LogP contribution in [0.25, 0.3) is 0 Å². The monoisotopic (exact) mass is 230 g/mol. The highest BCUT2D eigenvalue weighted by molar-refractivity contribution is 5.90. The molecule has 1 aliphatic carbocycles. The summed E-state index contributed by atoms with van der Waals surface area (Å²) in [4.78, 5) is 11.2. The molecule has 0 aromatic heterocycles. The zero-order valence-electron chi connectivity index (χ0n) is 10.6. The van der Waals surface area contributed by atoms with Crippen molar-refractivity contribution in [2.75, 3.05) is 20.3 Å². The molecule has 0 bridgehead atoms. The third-order valence-corrected chi connectivity index (χ3v) is 2.99. The molecule has 2 atom stereocenters. The van der Waals surface area contributed by atoms with Gasteiger partial charge in [0.2, 0.25) is 0 Å². The van der Waals surface area contributed by atoms with E-state index < -0.39 is 0 Å². The molecule has 2 unspecified atom stereocenters. The van der Waals surface area contributed by atoms with E-state index in [1.165, 1.54) is 0 Å². The molecule has 1 saturated carbocycles. The molecule has 0 N–H and O–H groups in total. The molecule has 16 heavy (non-hydrogen) atoms. The van der Waals surface area contributed by atoms with Gasteiger partial charge in [0.15, 0.2) is 5.78 Å². The minimum Gasteiger partial charge on any atom is -0.379 e. The number of rotatable bonds is 7. The molecule has 0 aromatic carbocycles. The number of carbonyl (C=O) groups is 1. The summed E-state index contributed by atoms with van der Waals surface area (Å²) in [6.07, 6.45) is 0.904. The second kappa shape index (κ2) is 5.75. The summed E-state index contributed by atoms with van der Waals surface area (Å²) >= 11 is 0. The molecular weight excluding hydrogens is 208 g/mol. The average Bonchev–Trinajstić information content (AvgIpc) is 2.24. The van der Waals surface area contributed by atoms with Crippen LogP contribution in [0, 0.1) is 0 Å². The molecule has 1 fully saturated rings. The number of hydrogen-bond acceptors (Lipinski definition) is 4. The second-order valence-corrected chi connectivity index (χ2v) is 4.67. The molecule has 4 heteroatoms. The lowest BCUT2D eigenvalue weighted by Crippen LogP contribution is -2.50. The Morgan fingerprint density at radius 2 is 2.06 bits per heavy atom. The zero-order chi connectivity index (χ0) is 12.2. The predicted octanol–water partition coefficient (Wildman–Crippen LogP) is 1.56. The van der Waals surface area contributed by atoms with Crippen molar-refractivity contribution in [1.29, 1.82) is 0 Å². The quantitative estimate of drug-likeness (QED) is 0.666. The van der Waals surface area contributed by atoms with E-state index in [9.17, 15) is 4.79 Å². The van der Waals surface area contributed by atoms with E-state index in [1.807, 2.05) is 20.8 Å². The lowest BCUT2D eigenvalue weighted by atomic mass is 9.90. The summed E-state index contributed by atoms with van der Waals surface area (Å²) in [7, 11) is 1.69. The third kappa shape index (κ3) is 3.54. The van der Waals surface area contributed by atoms with Crippen molar-refractivity contribution in [3.63, 3.8) is 0 Å². The maximum Gasteiger partial charge on any atom is 0.166 e. The largest absolute Gasteiger partial charge is 0.379 e. The molecule has 1 rings (SSSR count). The van der Waals surface area contributed by atoms with Crippen LogP contribution in [0.4, 0.5) is 0 Å². The molecule has 1 aliphatic rings. The summed E-state index contributed by atoms with van der Waals surface area (Å²) in [6.45, 7) is 7.07. The standard InChI is InChI=1S/C12H22O4/c1-5-15-11-9(13)8-10(11)16-7-6-12(2,3)14-4/h10-11H,5-8H2,1-4H3. The van der Waals surface area contributed by atoms with E-state index in [-0.39, 0.29) is 23.6 Å². The lowest BCUT2D eigenvalue weighted by Gasteiger charge is -2.35. The Bertz CT molecular complexity index is 237. The van der Waals surface area contributed by atoms with Crippen LogP contribution >= 0.6 is 0 Å². The number of ether oxygens (including phenoxy) is 3. The van der Waals surface area contributed by atoms with Crippen molar-refractivity contribution in [3.05, 3.63) is 0 Å². The zero-order valence-corrected chi connectivity index (χ0v) is 10.6. The highest BCUT2D eigenvalue weighted by Crippen LogP contribution is 2.24. The summed E-state index contributed by atoms with van der Waals surface area (Å²) in [5.41, 5.74) is -0.172. The van der Waals surface area contributed by atoms with Crippen molar-refractivity contribution < 1.29 is 19.0 Å². The number of Topliss-reactive ketones (excluding diaryl/α,β-unsaturated/α-hetero) is 1. The van der Waals surface area contributed by atoms with Gasteiger partial charge in [-0.15, -0.1) is 0 Å². The Kier molecular flexibility index (Phi) is 4.89. The molecule has 4 nitrogen and oxygen atoms in total. The number of ketones is 1. The smallest absolute Gasteiger partial charge is 0.166 e. The van der Waals surface area contributed by atoms with E-state index in [4.69, 9.17) is 14.2 Å². The van der Waals surface area contributed by atoms with Gasteiger partial charge in [-0.25, -0.2) is 0 Å². The van der Waals surface area contributed by atoms with Crippen LogP contribution in [-0.4, -0.2) is 43.9 Å². The van der Waals surface area contributed by atoms with E-state index in [2.05, 4.69) is 0 Å². The number of hydrogen-bond donors (Lipinski definition) is 0. The summed E-state index contributed by atoms with van der Waals surface area (Å²) in [5, 5.41) is 0. The van der Waals surface area contributed by atoms with Gasteiger partial charge >= 0.3 is 0 Å². The Morgan fingerprint density at radius 3 is 2.56 bits per heavy atom. The molecule has 0 saturated heterocycles. The first kappa shape index (κ1) is 13.6. The fourth-order valence-corrected chi connectivity index (χ4v) is 1.55. The van der Waals surface area contributed by atoms with Gasteiger partial charge in [0.1, 0.15) is 6.10 Å². The Morgan fingerprint density at radius 1 is 1.38 bits per heavy atom. The van der Waals surface area contributed by atoms with Gasteiger partial charge in [0, 0.05) is 26.7 Å². The van der Waals surface area contributed by atoms with Crippen LogP contribution in [-0.2, 0) is 19.0 Å². The number of methoxy groups -OCH3 is 1. The average molecular weight is 230 g/mol. The molecule has 0 aromatic rings. The van der Waals surface area contributed by atoms with Gasteiger partial charge in [-0.2, -0.15) is 0 Å². The van der Waals surface area contributed by atoms with E-state index in [0.717, 1.165) is 6.42 Å². The van der Waals surface area contributed by atoms with E-state index in [0.29, 0.717) is 19.6 Å². The van der Waals surface area contributed by atoms with Gasteiger partial charge in [-0.1, -0.05) is 0 Å². The molecule has 0 spiro atoms. The minimum atomic E-state index is -0.337. The van der Waals surface area contributed by atoms with Gasteiger partial charge in [0.05, 0.1) is 11.7 Å². The first-order valence-electron chi connectivity index (χ1n) is 5.81. The molecule has 0 amide bonds. The van der Waals surface area contributed by atoms with Gasteiger partial charge in [-0.05, 0) is 27.2 Å². The van der Waals surface area contributed by atoms with Crippen molar-refractivity contribution in [2.45, 2.75) is 51.4 Å². The van der Waals surface area contributed by atoms with Crippen LogP contribution in [0.15, 0.2) is 0 Å². The molecule has 0 radical (unpaired) electrons. The predicted molar refractivity (Wildman–Crippen MR) is 60.5 cm³/mol. The fraction of sp³-hybridized carbons (Fsp3) is 0.917. The Labute approximate surface area is 97.2 Å². The third-order valence-electron chi connectivity index (χ3n) is 2.99. The van der Waals surface area contributed by atoms with Crippen LogP contribution in [0.2, 0.25) is 0 Å². The van der Waals surface area contributed by atoms with Gasteiger partial charge in [-0.3, -0.25) is 4.79 Å². The van der Waals surface area contributed by atoms with Crippen LogP contribution < -0.4 is 0 Å². The van der Waals surface area contributed by atoms with Crippen LogP contribution in [0.1, 0.15) is 33.6 Å². The molecule has 0 heterocycles. The SMILES string of the molecule is CCOC1C(=O)CC1OCCC(C)(C)OC. The van der Waals surface area contributed by atoms with Crippen molar-refractivity contribution >= 4 is 5.78 Å². The maximum atomic E-state index is 11.2. The first-order chi connectivity index (χ1) is 7.50. The lowest BCUT2D eigenvalue weighted by molar-refractivity contribution is -0.166. The topological polar surface area (TPSA) is 44.8 Å². The maximum absolute atomic E-state index is 11.2. The summed E-state index contributed by atoms with van der Waals surface area (Å²) < 4.78 is 16.2. The highest BCUT2D eigenvalue weighted by Gasteiger charge is 2.41. The minimum absolute atomic E-state index is 0.0555. The molecule has 94 valence electrons. The Hall–Kier alpha value is -0.450. The van der Waals surface area contributed by atoms with Crippen LogP contribution in [0.3, 0.4) is 0 Å². The fourth-order valence-electron chi connectivity index (χ4n) is 1.55. The normalized spacial score (nSPS) is 25.6. The van der Waals surface area contributed by atoms with Gasteiger partial charge in [0.25, 0.3) is 0 Å². The Balaban J connectivity index is 2.21. The van der Waals surface area contributed by atoms with Crippen LogP contribution in [0.5, 0.6) is 0 Å². The van der Waals surface area contributed by atoms with Crippen molar-refractivity contribution in [1.82, 2.24) is 0 Å².